The third-order valence-electron chi connectivity index (χ3n) is 15.2. The van der Waals surface area contributed by atoms with Gasteiger partial charge >= 0.3 is 5.97 Å². The zero-order valence-corrected chi connectivity index (χ0v) is 49.1. The molecule has 0 saturated carbocycles. The van der Waals surface area contributed by atoms with Crippen LogP contribution in [0.2, 0.25) is 0 Å². The minimum absolute atomic E-state index is 0.00617. The Morgan fingerprint density at radius 2 is 0.699 bits per heavy atom. The number of unbranched alkanes of at least 4 members (excludes halogenated alkanes) is 46. The lowest BCUT2D eigenvalue weighted by Gasteiger charge is -2.20. The van der Waals surface area contributed by atoms with Gasteiger partial charge in [0.15, 0.2) is 0 Å². The van der Waals surface area contributed by atoms with E-state index in [0.717, 1.165) is 51.4 Å². The Labute approximate surface area is 455 Å². The molecule has 0 aliphatic rings. The fraction of sp³-hybridized carbons (Fsp3) is 0.881. The summed E-state index contributed by atoms with van der Waals surface area (Å²) in [5.74, 6) is -0.0583. The molecule has 0 heterocycles. The predicted molar refractivity (Wildman–Crippen MR) is 319 cm³/mol. The van der Waals surface area contributed by atoms with Crippen LogP contribution in [-0.4, -0.2) is 47.4 Å². The van der Waals surface area contributed by atoms with E-state index in [0.29, 0.717) is 19.4 Å². The third kappa shape index (κ3) is 59.2. The Morgan fingerprint density at radius 3 is 1.08 bits per heavy atom. The van der Waals surface area contributed by atoms with Gasteiger partial charge in [-0.25, -0.2) is 0 Å². The van der Waals surface area contributed by atoms with Crippen molar-refractivity contribution in [3.05, 3.63) is 36.5 Å². The first-order valence-electron chi connectivity index (χ1n) is 32.8. The van der Waals surface area contributed by atoms with Gasteiger partial charge in [0.05, 0.1) is 25.4 Å². The molecule has 0 radical (unpaired) electrons. The van der Waals surface area contributed by atoms with Crippen molar-refractivity contribution in [3.63, 3.8) is 0 Å². The molecule has 0 rings (SSSR count). The molecule has 0 aromatic carbocycles. The van der Waals surface area contributed by atoms with Crippen molar-refractivity contribution in [1.82, 2.24) is 5.32 Å². The van der Waals surface area contributed by atoms with E-state index in [1.54, 1.807) is 6.08 Å². The Bertz CT molecular complexity index is 1180. The van der Waals surface area contributed by atoms with Crippen LogP contribution in [0, 0.1) is 0 Å². The van der Waals surface area contributed by atoms with Crippen LogP contribution < -0.4 is 5.32 Å². The number of nitrogens with one attached hydrogen (secondary N) is 1. The van der Waals surface area contributed by atoms with Crippen LogP contribution in [0.25, 0.3) is 0 Å². The number of aliphatic hydroxyl groups is 2. The minimum Gasteiger partial charge on any atom is -0.466 e. The lowest BCUT2D eigenvalue weighted by atomic mass is 10.0. The van der Waals surface area contributed by atoms with E-state index in [1.165, 1.54) is 276 Å². The third-order valence-corrected chi connectivity index (χ3v) is 15.2. The van der Waals surface area contributed by atoms with E-state index in [2.05, 4.69) is 43.5 Å². The molecule has 0 aliphatic carbocycles. The largest absolute Gasteiger partial charge is 0.466 e. The van der Waals surface area contributed by atoms with Crippen molar-refractivity contribution in [2.24, 2.45) is 0 Å². The maximum absolute atomic E-state index is 12.4. The smallest absolute Gasteiger partial charge is 0.305 e. The van der Waals surface area contributed by atoms with Gasteiger partial charge in [-0.2, -0.15) is 0 Å². The average Bonchev–Trinajstić information content (AvgIpc) is 3.39. The molecule has 0 aromatic heterocycles. The molecule has 3 N–H and O–H groups in total. The number of hydrogen-bond acceptors (Lipinski definition) is 5. The predicted octanol–water partition coefficient (Wildman–Crippen LogP) is 20.8. The molecule has 0 aliphatic heterocycles. The van der Waals surface area contributed by atoms with Gasteiger partial charge in [-0.3, -0.25) is 9.59 Å². The number of aliphatic hydroxyl groups excluding tert-OH is 2. The van der Waals surface area contributed by atoms with Gasteiger partial charge in [-0.15, -0.1) is 0 Å². The maximum Gasteiger partial charge on any atom is 0.305 e. The molecule has 6 nitrogen and oxygen atoms in total. The Hall–Kier alpha value is -1.92. The normalized spacial score (nSPS) is 12.8. The summed E-state index contributed by atoms with van der Waals surface area (Å²) >= 11 is 0. The zero-order chi connectivity index (χ0) is 52.9. The van der Waals surface area contributed by atoms with Crippen LogP contribution in [0.1, 0.15) is 354 Å². The molecule has 430 valence electrons. The first kappa shape index (κ1) is 71.1. The van der Waals surface area contributed by atoms with E-state index in [4.69, 9.17) is 4.74 Å². The van der Waals surface area contributed by atoms with Gasteiger partial charge in [0, 0.05) is 12.8 Å². The summed E-state index contributed by atoms with van der Waals surface area (Å²) in [7, 11) is 0. The second kappa shape index (κ2) is 62.6. The number of rotatable bonds is 61. The van der Waals surface area contributed by atoms with Gasteiger partial charge in [0.1, 0.15) is 0 Å². The van der Waals surface area contributed by atoms with Gasteiger partial charge in [0.2, 0.25) is 5.91 Å². The van der Waals surface area contributed by atoms with Crippen LogP contribution >= 0.6 is 0 Å². The molecule has 0 saturated heterocycles. The maximum atomic E-state index is 12.4. The van der Waals surface area contributed by atoms with Crippen LogP contribution in [0.15, 0.2) is 36.5 Å². The number of carbonyl (C=O) groups is 2. The molecule has 2 unspecified atom stereocenters. The second-order valence-corrected chi connectivity index (χ2v) is 22.5. The highest BCUT2D eigenvalue weighted by Gasteiger charge is 2.18. The molecule has 0 bridgehead atoms. The minimum atomic E-state index is -0.839. The van der Waals surface area contributed by atoms with Crippen molar-refractivity contribution in [2.45, 2.75) is 366 Å². The summed E-state index contributed by atoms with van der Waals surface area (Å²) in [6.07, 6.45) is 79.4. The quantitative estimate of drug-likeness (QED) is 0.0320. The van der Waals surface area contributed by atoms with Crippen LogP contribution in [-0.2, 0) is 14.3 Å². The lowest BCUT2D eigenvalue weighted by Crippen LogP contribution is -2.45. The molecule has 0 spiro atoms. The topological polar surface area (TPSA) is 95.9 Å². The number of hydrogen-bond donors (Lipinski definition) is 3. The molecule has 1 amide bonds. The van der Waals surface area contributed by atoms with E-state index in [9.17, 15) is 19.8 Å². The number of ether oxygens (including phenoxy) is 1. The standard InChI is InChI=1S/C67H127NO5/c1-3-5-7-9-11-13-15-16-38-41-45-49-53-57-61-67(72)73-62-58-54-50-46-42-39-36-34-32-30-28-26-24-22-20-18-17-19-21-23-25-27-29-31-33-35-37-40-44-48-52-56-60-66(71)68-64(63-69)65(70)59-55-51-47-43-14-12-10-8-6-4-2/h9,11,15-16,55,59,64-65,69-70H,3-8,10,12-14,17-54,56-58,60-63H2,1-2H3,(H,68,71)/b11-9-,16-15-,59-55+. The molecule has 6 heteroatoms. The highest BCUT2D eigenvalue weighted by atomic mass is 16.5. The Kier molecular flexibility index (Phi) is 61.0. The molecule has 0 fully saturated rings. The highest BCUT2D eigenvalue weighted by Crippen LogP contribution is 2.18. The monoisotopic (exact) mass is 1030 g/mol. The molecule has 0 aromatic rings. The fourth-order valence-corrected chi connectivity index (χ4v) is 10.1. The van der Waals surface area contributed by atoms with E-state index in [1.807, 2.05) is 6.08 Å². The van der Waals surface area contributed by atoms with Crippen molar-refractivity contribution >= 4 is 11.9 Å². The Balaban J connectivity index is 3.31. The van der Waals surface area contributed by atoms with Crippen molar-refractivity contribution < 1.29 is 24.5 Å². The first-order valence-corrected chi connectivity index (χ1v) is 32.8. The van der Waals surface area contributed by atoms with Gasteiger partial charge in [-0.1, -0.05) is 320 Å². The molecule has 73 heavy (non-hydrogen) atoms. The lowest BCUT2D eigenvalue weighted by molar-refractivity contribution is -0.143. The molecule has 2 atom stereocenters. The second-order valence-electron chi connectivity index (χ2n) is 22.5. The number of allylic oxidation sites excluding steroid dienone is 5. The van der Waals surface area contributed by atoms with Crippen molar-refractivity contribution in [3.8, 4) is 0 Å². The average molecular weight is 1030 g/mol. The molecular formula is C67H127NO5. The summed E-state index contributed by atoms with van der Waals surface area (Å²) in [6.45, 7) is 4.86. The molecular weight excluding hydrogens is 899 g/mol. The summed E-state index contributed by atoms with van der Waals surface area (Å²) in [4.78, 5) is 24.5. The fourth-order valence-electron chi connectivity index (χ4n) is 10.1. The summed E-state index contributed by atoms with van der Waals surface area (Å²) in [5, 5.41) is 23.0. The Morgan fingerprint density at radius 1 is 0.384 bits per heavy atom. The van der Waals surface area contributed by atoms with Crippen molar-refractivity contribution in [2.75, 3.05) is 13.2 Å². The number of esters is 1. The summed E-state index contributed by atoms with van der Waals surface area (Å²) < 4.78 is 5.48. The van der Waals surface area contributed by atoms with E-state index < -0.39 is 12.1 Å². The number of carbonyl (C=O) groups excluding carboxylic acids is 2. The van der Waals surface area contributed by atoms with Gasteiger partial charge in [-0.05, 0) is 57.8 Å². The summed E-state index contributed by atoms with van der Waals surface area (Å²) in [6, 6.07) is -0.622. The van der Waals surface area contributed by atoms with E-state index in [-0.39, 0.29) is 18.5 Å². The van der Waals surface area contributed by atoms with Gasteiger partial charge < -0.3 is 20.3 Å². The van der Waals surface area contributed by atoms with Gasteiger partial charge in [0.25, 0.3) is 0 Å². The number of amides is 1. The highest BCUT2D eigenvalue weighted by molar-refractivity contribution is 5.76. The van der Waals surface area contributed by atoms with Crippen LogP contribution in [0.5, 0.6) is 0 Å². The zero-order valence-electron chi connectivity index (χ0n) is 49.1. The van der Waals surface area contributed by atoms with Crippen LogP contribution in [0.3, 0.4) is 0 Å². The first-order chi connectivity index (χ1) is 36.0. The van der Waals surface area contributed by atoms with Crippen molar-refractivity contribution in [1.29, 1.82) is 0 Å². The van der Waals surface area contributed by atoms with E-state index >= 15 is 0 Å². The summed E-state index contributed by atoms with van der Waals surface area (Å²) in [5.41, 5.74) is 0. The SMILES string of the molecule is CCCC/C=C\C/C=C\CCCCCCCC(=O)OCCCCCCCCCCCCCCCCCCCCCCCCCCCCCCCCCCC(=O)NC(CO)C(O)/C=C/CCCCCCCCCC. The van der Waals surface area contributed by atoms with Crippen LogP contribution in [0.4, 0.5) is 0 Å².